The van der Waals surface area contributed by atoms with Crippen LogP contribution in [0.15, 0.2) is 60.7 Å². The van der Waals surface area contributed by atoms with Crippen LogP contribution < -0.4 is 0 Å². The van der Waals surface area contributed by atoms with Crippen molar-refractivity contribution >= 4 is 5.97 Å². The number of carbonyl (C=O) groups is 1. The first-order chi connectivity index (χ1) is 13.4. The molecule has 0 N–H and O–H groups in total. The fourth-order valence-corrected chi connectivity index (χ4v) is 2.46. The molecule has 0 amide bonds. The van der Waals surface area contributed by atoms with E-state index in [-0.39, 0.29) is 25.3 Å². The normalized spacial score (nSPS) is 12.5. The van der Waals surface area contributed by atoms with Gasteiger partial charge in [0.25, 0.3) is 0 Å². The zero-order valence-corrected chi connectivity index (χ0v) is 16.9. The van der Waals surface area contributed by atoms with Crippen molar-refractivity contribution in [3.05, 3.63) is 71.8 Å². The highest BCUT2D eigenvalue weighted by Gasteiger charge is 2.17. The SMILES string of the molecule is CC(C)(C)OC(=O)COCC(COCc1ccccc1)OCc1ccccc1. The van der Waals surface area contributed by atoms with Gasteiger partial charge < -0.3 is 18.9 Å². The minimum Gasteiger partial charge on any atom is -0.458 e. The van der Waals surface area contributed by atoms with Gasteiger partial charge in [0.2, 0.25) is 0 Å². The molecule has 0 aliphatic carbocycles. The lowest BCUT2D eigenvalue weighted by molar-refractivity contribution is -0.162. The number of rotatable bonds is 11. The third kappa shape index (κ3) is 9.65. The molecule has 0 spiro atoms. The van der Waals surface area contributed by atoms with E-state index in [1.165, 1.54) is 0 Å². The summed E-state index contributed by atoms with van der Waals surface area (Å²) in [6, 6.07) is 19.9. The van der Waals surface area contributed by atoms with Crippen LogP contribution in [-0.4, -0.2) is 37.5 Å². The van der Waals surface area contributed by atoms with Gasteiger partial charge in [-0.05, 0) is 31.9 Å². The molecule has 0 aromatic heterocycles. The molecular weight excluding hydrogens is 356 g/mol. The van der Waals surface area contributed by atoms with Crippen LogP contribution in [0.2, 0.25) is 0 Å². The van der Waals surface area contributed by atoms with E-state index in [4.69, 9.17) is 18.9 Å². The Morgan fingerprint density at radius 3 is 1.93 bits per heavy atom. The molecule has 1 unspecified atom stereocenters. The predicted octanol–water partition coefficient (Wildman–Crippen LogP) is 4.15. The summed E-state index contributed by atoms with van der Waals surface area (Å²) in [5.41, 5.74) is 1.64. The lowest BCUT2D eigenvalue weighted by atomic mass is 10.2. The average molecular weight is 386 g/mol. The first-order valence-electron chi connectivity index (χ1n) is 9.49. The van der Waals surface area contributed by atoms with Crippen LogP contribution in [0.3, 0.4) is 0 Å². The number of hydrogen-bond donors (Lipinski definition) is 0. The molecule has 1 atom stereocenters. The van der Waals surface area contributed by atoms with E-state index in [0.717, 1.165) is 11.1 Å². The van der Waals surface area contributed by atoms with Crippen molar-refractivity contribution in [1.82, 2.24) is 0 Å². The summed E-state index contributed by atoms with van der Waals surface area (Å²) in [7, 11) is 0. The zero-order valence-electron chi connectivity index (χ0n) is 16.9. The van der Waals surface area contributed by atoms with Gasteiger partial charge in [0.05, 0.1) is 26.4 Å². The van der Waals surface area contributed by atoms with Gasteiger partial charge in [-0.2, -0.15) is 0 Å². The number of carbonyl (C=O) groups excluding carboxylic acids is 1. The summed E-state index contributed by atoms with van der Waals surface area (Å²) in [5.74, 6) is -0.389. The van der Waals surface area contributed by atoms with Gasteiger partial charge in [-0.15, -0.1) is 0 Å². The fraction of sp³-hybridized carbons (Fsp3) is 0.435. The monoisotopic (exact) mass is 386 g/mol. The Hall–Kier alpha value is -2.21. The Bertz CT molecular complexity index is 679. The molecule has 0 fully saturated rings. The molecule has 28 heavy (non-hydrogen) atoms. The summed E-state index contributed by atoms with van der Waals surface area (Å²) in [6.07, 6.45) is -0.286. The Labute approximate surface area is 167 Å². The average Bonchev–Trinajstić information content (AvgIpc) is 2.66. The zero-order chi connectivity index (χ0) is 20.2. The summed E-state index contributed by atoms with van der Waals surface area (Å²) >= 11 is 0. The Morgan fingerprint density at radius 1 is 0.821 bits per heavy atom. The number of esters is 1. The van der Waals surface area contributed by atoms with Gasteiger partial charge in [-0.1, -0.05) is 60.7 Å². The number of benzene rings is 2. The second kappa shape index (κ2) is 11.6. The molecule has 0 radical (unpaired) electrons. The standard InChI is InChI=1S/C23H30O5/c1-23(2,3)28-22(24)18-26-17-21(27-15-20-12-8-5-9-13-20)16-25-14-19-10-6-4-7-11-19/h4-13,21H,14-18H2,1-3H3. The molecular formula is C23H30O5. The molecule has 0 aliphatic heterocycles. The van der Waals surface area contributed by atoms with Gasteiger partial charge >= 0.3 is 5.97 Å². The highest BCUT2D eigenvalue weighted by atomic mass is 16.6. The Kier molecular flexibility index (Phi) is 9.14. The smallest absolute Gasteiger partial charge is 0.332 e. The largest absolute Gasteiger partial charge is 0.458 e. The van der Waals surface area contributed by atoms with Crippen molar-refractivity contribution in [2.45, 2.75) is 45.7 Å². The van der Waals surface area contributed by atoms with Crippen LogP contribution in [0.4, 0.5) is 0 Å². The van der Waals surface area contributed by atoms with Gasteiger partial charge in [0.15, 0.2) is 0 Å². The van der Waals surface area contributed by atoms with Crippen LogP contribution in [0.25, 0.3) is 0 Å². The van der Waals surface area contributed by atoms with Crippen molar-refractivity contribution in [3.8, 4) is 0 Å². The Morgan fingerprint density at radius 2 is 1.36 bits per heavy atom. The third-order valence-electron chi connectivity index (χ3n) is 3.69. The van der Waals surface area contributed by atoms with Crippen LogP contribution in [-0.2, 0) is 37.0 Å². The van der Waals surface area contributed by atoms with E-state index in [2.05, 4.69) is 0 Å². The highest BCUT2D eigenvalue weighted by molar-refractivity contribution is 5.71. The van der Waals surface area contributed by atoms with Gasteiger partial charge in [-0.25, -0.2) is 4.79 Å². The molecule has 152 valence electrons. The molecule has 5 heteroatoms. The summed E-state index contributed by atoms with van der Waals surface area (Å²) in [4.78, 5) is 11.8. The lowest BCUT2D eigenvalue weighted by Gasteiger charge is -2.21. The molecule has 5 nitrogen and oxygen atoms in total. The van der Waals surface area contributed by atoms with E-state index in [1.54, 1.807) is 0 Å². The number of hydrogen-bond acceptors (Lipinski definition) is 5. The molecule has 0 aliphatic rings. The first-order valence-corrected chi connectivity index (χ1v) is 9.49. The highest BCUT2D eigenvalue weighted by Crippen LogP contribution is 2.09. The summed E-state index contributed by atoms with van der Waals surface area (Å²) in [5, 5.41) is 0. The predicted molar refractivity (Wildman–Crippen MR) is 108 cm³/mol. The topological polar surface area (TPSA) is 54.0 Å². The molecule has 2 aromatic rings. The van der Waals surface area contributed by atoms with Crippen molar-refractivity contribution in [2.24, 2.45) is 0 Å². The molecule has 0 heterocycles. The first kappa shape index (κ1) is 22.1. The summed E-state index contributed by atoms with van der Waals surface area (Å²) < 4.78 is 22.5. The second-order valence-electron chi connectivity index (χ2n) is 7.52. The van der Waals surface area contributed by atoms with E-state index < -0.39 is 5.60 Å². The maximum atomic E-state index is 11.8. The minimum absolute atomic E-state index is 0.110. The van der Waals surface area contributed by atoms with Crippen molar-refractivity contribution in [2.75, 3.05) is 19.8 Å². The quantitative estimate of drug-likeness (QED) is 0.543. The Balaban J connectivity index is 1.79. The van der Waals surface area contributed by atoms with Crippen LogP contribution in [0.1, 0.15) is 31.9 Å². The van der Waals surface area contributed by atoms with Crippen LogP contribution in [0.5, 0.6) is 0 Å². The molecule has 0 bridgehead atoms. The fourth-order valence-electron chi connectivity index (χ4n) is 2.46. The molecule has 2 aromatic carbocycles. The lowest BCUT2D eigenvalue weighted by Crippen LogP contribution is -2.30. The second-order valence-corrected chi connectivity index (χ2v) is 7.52. The van der Waals surface area contributed by atoms with Crippen LogP contribution >= 0.6 is 0 Å². The van der Waals surface area contributed by atoms with Gasteiger partial charge in [0, 0.05) is 0 Å². The third-order valence-corrected chi connectivity index (χ3v) is 3.69. The van der Waals surface area contributed by atoms with Crippen molar-refractivity contribution < 1.29 is 23.7 Å². The maximum absolute atomic E-state index is 11.8. The van der Waals surface area contributed by atoms with Crippen molar-refractivity contribution in [3.63, 3.8) is 0 Å². The van der Waals surface area contributed by atoms with E-state index in [1.807, 2.05) is 81.4 Å². The summed E-state index contributed by atoms with van der Waals surface area (Å²) in [6.45, 7) is 6.95. The van der Waals surface area contributed by atoms with Crippen LogP contribution in [0, 0.1) is 0 Å². The molecule has 0 saturated heterocycles. The molecule has 2 rings (SSSR count). The van der Waals surface area contributed by atoms with E-state index >= 15 is 0 Å². The van der Waals surface area contributed by atoms with E-state index in [0.29, 0.717) is 19.8 Å². The van der Waals surface area contributed by atoms with Crippen molar-refractivity contribution in [1.29, 1.82) is 0 Å². The number of ether oxygens (including phenoxy) is 4. The molecule has 0 saturated carbocycles. The van der Waals surface area contributed by atoms with E-state index in [9.17, 15) is 4.79 Å². The maximum Gasteiger partial charge on any atom is 0.332 e. The van der Waals surface area contributed by atoms with Gasteiger partial charge in [0.1, 0.15) is 18.3 Å². The van der Waals surface area contributed by atoms with Gasteiger partial charge in [-0.3, -0.25) is 0 Å². The minimum atomic E-state index is -0.525.